The fourth-order valence-electron chi connectivity index (χ4n) is 2.16. The first kappa shape index (κ1) is 14.9. The van der Waals surface area contributed by atoms with E-state index in [-0.39, 0.29) is 5.92 Å². The third kappa shape index (κ3) is 4.02. The minimum Gasteiger partial charge on any atom is -0.303 e. The number of benzene rings is 2. The Hall–Kier alpha value is -1.45. The first-order chi connectivity index (χ1) is 9.47. The smallest absolute Gasteiger partial charge is 0.303 e. The number of phosphoric ester groups is 1. The van der Waals surface area contributed by atoms with E-state index in [9.17, 15) is 4.57 Å². The third-order valence-electron chi connectivity index (χ3n) is 3.16. The van der Waals surface area contributed by atoms with Crippen LogP contribution in [0.25, 0.3) is 0 Å². The minimum absolute atomic E-state index is 0.175. The Balaban J connectivity index is 2.34. The molecule has 5 heteroatoms. The van der Waals surface area contributed by atoms with Gasteiger partial charge in [0, 0.05) is 5.92 Å². The summed E-state index contributed by atoms with van der Waals surface area (Å²) in [6, 6.07) is 18.6. The van der Waals surface area contributed by atoms with Crippen LogP contribution in [0.3, 0.4) is 0 Å². The lowest BCUT2D eigenvalue weighted by Gasteiger charge is -2.25. The summed E-state index contributed by atoms with van der Waals surface area (Å²) in [7, 11) is -4.56. The second kappa shape index (κ2) is 6.33. The fraction of sp³-hybridized carbons (Fsp3) is 0.200. The summed E-state index contributed by atoms with van der Waals surface area (Å²) >= 11 is 0. The van der Waals surface area contributed by atoms with Crippen LogP contribution in [0.1, 0.15) is 30.1 Å². The van der Waals surface area contributed by atoms with Gasteiger partial charge in [-0.05, 0) is 11.1 Å². The van der Waals surface area contributed by atoms with Crippen molar-refractivity contribution in [2.24, 2.45) is 0 Å². The Morgan fingerprint density at radius 3 is 1.80 bits per heavy atom. The van der Waals surface area contributed by atoms with Crippen LogP contribution < -0.4 is 0 Å². The van der Waals surface area contributed by atoms with Crippen LogP contribution in [0, 0.1) is 0 Å². The molecule has 2 rings (SSSR count). The van der Waals surface area contributed by atoms with Gasteiger partial charge in [0.05, 0.1) is 0 Å². The van der Waals surface area contributed by atoms with Crippen molar-refractivity contribution < 1.29 is 18.9 Å². The van der Waals surface area contributed by atoms with Crippen LogP contribution in [0.15, 0.2) is 60.7 Å². The van der Waals surface area contributed by atoms with Gasteiger partial charge in [-0.15, -0.1) is 0 Å². The van der Waals surface area contributed by atoms with Crippen LogP contribution in [0.5, 0.6) is 0 Å². The standard InChI is InChI=1S/C15H17O4P/c1-12(13-8-4-2-5-9-13)15(19-20(16,17)18)14-10-6-3-7-11-14/h2-12,15H,1H3,(H2,16,17,18). The summed E-state index contributed by atoms with van der Waals surface area (Å²) in [5.41, 5.74) is 1.71. The van der Waals surface area contributed by atoms with E-state index in [1.54, 1.807) is 12.1 Å². The maximum absolute atomic E-state index is 11.2. The Bertz CT molecular complexity index is 579. The summed E-state index contributed by atoms with van der Waals surface area (Å²) < 4.78 is 16.2. The largest absolute Gasteiger partial charge is 0.470 e. The molecule has 106 valence electrons. The normalized spacial score (nSPS) is 14.8. The topological polar surface area (TPSA) is 66.8 Å². The lowest BCUT2D eigenvalue weighted by molar-refractivity contribution is 0.117. The molecule has 20 heavy (non-hydrogen) atoms. The Morgan fingerprint density at radius 2 is 1.35 bits per heavy atom. The molecule has 0 heterocycles. The first-order valence-corrected chi connectivity index (χ1v) is 7.84. The highest BCUT2D eigenvalue weighted by Crippen LogP contribution is 2.47. The summed E-state index contributed by atoms with van der Waals surface area (Å²) in [6.07, 6.45) is -0.695. The highest BCUT2D eigenvalue weighted by Gasteiger charge is 2.29. The molecule has 0 amide bonds. The predicted octanol–water partition coefficient (Wildman–Crippen LogP) is 3.64. The second-order valence-electron chi connectivity index (χ2n) is 4.63. The average Bonchev–Trinajstić information content (AvgIpc) is 2.45. The maximum atomic E-state index is 11.2. The van der Waals surface area contributed by atoms with E-state index >= 15 is 0 Å². The summed E-state index contributed by atoms with van der Waals surface area (Å²) in [5, 5.41) is 0. The van der Waals surface area contributed by atoms with E-state index in [1.807, 2.05) is 55.5 Å². The van der Waals surface area contributed by atoms with Crippen molar-refractivity contribution in [3.8, 4) is 0 Å². The van der Waals surface area contributed by atoms with Crippen molar-refractivity contribution in [3.63, 3.8) is 0 Å². The van der Waals surface area contributed by atoms with Gasteiger partial charge in [-0.3, -0.25) is 4.52 Å². The van der Waals surface area contributed by atoms with Gasteiger partial charge in [0.15, 0.2) is 0 Å². The zero-order valence-corrected chi connectivity index (χ0v) is 12.0. The Kier molecular flexibility index (Phi) is 4.73. The molecule has 0 bridgehead atoms. The van der Waals surface area contributed by atoms with Crippen LogP contribution in [-0.2, 0) is 9.09 Å². The van der Waals surface area contributed by atoms with Crippen LogP contribution in [-0.4, -0.2) is 9.79 Å². The van der Waals surface area contributed by atoms with Gasteiger partial charge >= 0.3 is 7.82 Å². The average molecular weight is 292 g/mol. The zero-order chi connectivity index (χ0) is 14.6. The van der Waals surface area contributed by atoms with E-state index in [0.717, 1.165) is 11.1 Å². The van der Waals surface area contributed by atoms with Gasteiger partial charge in [0.25, 0.3) is 0 Å². The van der Waals surface area contributed by atoms with Gasteiger partial charge in [0.2, 0.25) is 0 Å². The molecule has 2 unspecified atom stereocenters. The molecule has 2 aromatic rings. The monoisotopic (exact) mass is 292 g/mol. The number of hydrogen-bond donors (Lipinski definition) is 2. The maximum Gasteiger partial charge on any atom is 0.470 e. The molecule has 0 aliphatic rings. The van der Waals surface area contributed by atoms with Crippen molar-refractivity contribution in [2.45, 2.75) is 18.9 Å². The Labute approximate surface area is 118 Å². The third-order valence-corrected chi connectivity index (χ3v) is 3.66. The molecule has 0 aromatic heterocycles. The molecule has 4 nitrogen and oxygen atoms in total. The molecular weight excluding hydrogens is 275 g/mol. The summed E-state index contributed by atoms with van der Waals surface area (Å²) in [6.45, 7) is 1.89. The van der Waals surface area contributed by atoms with Crippen LogP contribution >= 0.6 is 7.82 Å². The molecule has 0 aliphatic heterocycles. The van der Waals surface area contributed by atoms with Crippen LogP contribution in [0.4, 0.5) is 0 Å². The molecule has 0 saturated heterocycles. The molecule has 0 saturated carbocycles. The number of hydrogen-bond acceptors (Lipinski definition) is 2. The molecule has 0 aliphatic carbocycles. The first-order valence-electron chi connectivity index (χ1n) is 6.31. The quantitative estimate of drug-likeness (QED) is 0.826. The SMILES string of the molecule is CC(c1ccccc1)C(OP(=O)(O)O)c1ccccc1. The molecule has 2 atom stereocenters. The van der Waals surface area contributed by atoms with Crippen molar-refractivity contribution in [1.82, 2.24) is 0 Å². The van der Waals surface area contributed by atoms with Crippen LogP contribution in [0.2, 0.25) is 0 Å². The van der Waals surface area contributed by atoms with Crippen molar-refractivity contribution in [2.75, 3.05) is 0 Å². The lowest BCUT2D eigenvalue weighted by atomic mass is 9.91. The molecular formula is C15H17O4P. The van der Waals surface area contributed by atoms with E-state index in [2.05, 4.69) is 0 Å². The highest BCUT2D eigenvalue weighted by atomic mass is 31.2. The predicted molar refractivity (Wildman–Crippen MR) is 77.2 cm³/mol. The lowest BCUT2D eigenvalue weighted by Crippen LogP contribution is -2.11. The molecule has 2 N–H and O–H groups in total. The van der Waals surface area contributed by atoms with Gasteiger partial charge in [0.1, 0.15) is 6.10 Å². The second-order valence-corrected chi connectivity index (χ2v) is 5.82. The summed E-state index contributed by atoms with van der Waals surface area (Å²) in [4.78, 5) is 18.3. The zero-order valence-electron chi connectivity index (χ0n) is 11.1. The van der Waals surface area contributed by atoms with Crippen molar-refractivity contribution in [1.29, 1.82) is 0 Å². The molecule has 0 radical (unpaired) electrons. The van der Waals surface area contributed by atoms with E-state index in [0.29, 0.717) is 0 Å². The van der Waals surface area contributed by atoms with E-state index in [1.165, 1.54) is 0 Å². The van der Waals surface area contributed by atoms with E-state index < -0.39 is 13.9 Å². The molecule has 0 spiro atoms. The van der Waals surface area contributed by atoms with Crippen molar-refractivity contribution in [3.05, 3.63) is 71.8 Å². The van der Waals surface area contributed by atoms with Gasteiger partial charge in [-0.1, -0.05) is 67.6 Å². The Morgan fingerprint density at radius 1 is 0.900 bits per heavy atom. The molecule has 2 aromatic carbocycles. The number of phosphoric acid groups is 1. The minimum atomic E-state index is -4.56. The fourth-order valence-corrected chi connectivity index (χ4v) is 2.76. The summed E-state index contributed by atoms with van der Waals surface area (Å²) in [5.74, 6) is -0.175. The highest BCUT2D eigenvalue weighted by molar-refractivity contribution is 7.46. The number of rotatable bonds is 5. The van der Waals surface area contributed by atoms with Crippen molar-refractivity contribution >= 4 is 7.82 Å². The van der Waals surface area contributed by atoms with E-state index in [4.69, 9.17) is 14.3 Å². The van der Waals surface area contributed by atoms with Gasteiger partial charge < -0.3 is 9.79 Å². The molecule has 0 fully saturated rings. The van der Waals surface area contributed by atoms with Gasteiger partial charge in [-0.25, -0.2) is 4.57 Å². The van der Waals surface area contributed by atoms with Gasteiger partial charge in [-0.2, -0.15) is 0 Å².